The number of aromatic nitrogens is 2. The number of carbonyl (C=O) groups excluding carboxylic acids is 1. The van der Waals surface area contributed by atoms with Gasteiger partial charge in [0, 0.05) is 11.9 Å². The minimum atomic E-state index is -0.391. The summed E-state index contributed by atoms with van der Waals surface area (Å²) in [5.41, 5.74) is 1.17. The van der Waals surface area contributed by atoms with E-state index in [1.165, 1.54) is 33.9 Å². The second-order valence-electron chi connectivity index (χ2n) is 5.08. The van der Waals surface area contributed by atoms with E-state index in [0.29, 0.717) is 5.16 Å². The smallest absolute Gasteiger partial charge is 0.318 e. The summed E-state index contributed by atoms with van der Waals surface area (Å²) in [6.07, 6.45) is 3.13. The largest absolute Gasteiger partial charge is 0.468 e. The van der Waals surface area contributed by atoms with Crippen LogP contribution in [0.1, 0.15) is 23.8 Å². The van der Waals surface area contributed by atoms with Crippen molar-refractivity contribution in [1.29, 1.82) is 0 Å². The highest BCUT2D eigenvalue weighted by atomic mass is 32.2. The van der Waals surface area contributed by atoms with Gasteiger partial charge in [-0.2, -0.15) is 0 Å². The van der Waals surface area contributed by atoms with Crippen LogP contribution in [-0.4, -0.2) is 27.9 Å². The number of thioether (sulfide) groups is 1. The molecule has 0 unspecified atom stereocenters. The molecule has 0 saturated heterocycles. The van der Waals surface area contributed by atoms with Crippen molar-refractivity contribution in [2.75, 3.05) is 7.11 Å². The van der Waals surface area contributed by atoms with Gasteiger partial charge in [0.25, 0.3) is 5.56 Å². The molecule has 0 amide bonds. The molecule has 2 heterocycles. The lowest BCUT2D eigenvalue weighted by atomic mass is 10.2. The molecule has 0 saturated carbocycles. The molecular weight excluding hydrogens is 308 g/mol. The topological polar surface area (TPSA) is 61.2 Å². The average molecular weight is 324 g/mol. The first-order chi connectivity index (χ1) is 10.0. The third-order valence-electron chi connectivity index (χ3n) is 3.72. The normalized spacial score (nSPS) is 15.2. The molecule has 21 heavy (non-hydrogen) atoms. The fraction of sp³-hybridized carbons (Fsp3) is 0.500. The van der Waals surface area contributed by atoms with Crippen LogP contribution in [0.25, 0.3) is 10.2 Å². The summed E-state index contributed by atoms with van der Waals surface area (Å²) >= 11 is 2.87. The summed E-state index contributed by atoms with van der Waals surface area (Å²) in [5.74, 6) is -0.317. The van der Waals surface area contributed by atoms with E-state index in [4.69, 9.17) is 4.74 Å². The van der Waals surface area contributed by atoms with E-state index in [-0.39, 0.29) is 11.5 Å². The van der Waals surface area contributed by atoms with E-state index in [1.54, 1.807) is 25.3 Å². The number of hydrogen-bond acceptors (Lipinski definition) is 6. The third-order valence-corrected chi connectivity index (χ3v) is 6.03. The summed E-state index contributed by atoms with van der Waals surface area (Å²) in [4.78, 5) is 30.8. The van der Waals surface area contributed by atoms with E-state index in [0.717, 1.165) is 29.5 Å². The number of esters is 1. The molecule has 1 aliphatic carbocycles. The number of nitrogens with zero attached hydrogens (tertiary/aromatic N) is 2. The Labute approximate surface area is 130 Å². The number of fused-ring (bicyclic) bond motifs is 3. The van der Waals surface area contributed by atoms with Gasteiger partial charge in [-0.1, -0.05) is 11.8 Å². The van der Waals surface area contributed by atoms with Gasteiger partial charge in [-0.25, -0.2) is 4.98 Å². The fourth-order valence-corrected chi connectivity index (χ4v) is 4.79. The van der Waals surface area contributed by atoms with Crippen molar-refractivity contribution in [3.8, 4) is 0 Å². The molecule has 0 bridgehead atoms. The zero-order chi connectivity index (χ0) is 15.1. The fourth-order valence-electron chi connectivity index (χ4n) is 2.58. The molecule has 2 aromatic heterocycles. The maximum atomic E-state index is 12.6. The number of ether oxygens (including phenoxy) is 1. The molecule has 0 radical (unpaired) electrons. The summed E-state index contributed by atoms with van der Waals surface area (Å²) in [5, 5.41) is 0.938. The molecule has 0 N–H and O–H groups in total. The Morgan fingerprint density at radius 2 is 2.24 bits per heavy atom. The molecule has 5 nitrogen and oxygen atoms in total. The first-order valence-electron chi connectivity index (χ1n) is 6.78. The Bertz CT molecular complexity index is 779. The van der Waals surface area contributed by atoms with E-state index in [1.807, 2.05) is 0 Å². The van der Waals surface area contributed by atoms with Gasteiger partial charge >= 0.3 is 5.97 Å². The minimum absolute atomic E-state index is 0.0148. The van der Waals surface area contributed by atoms with Crippen LogP contribution >= 0.6 is 23.1 Å². The summed E-state index contributed by atoms with van der Waals surface area (Å²) in [6, 6.07) is 0. The molecule has 1 aliphatic rings. The summed E-state index contributed by atoms with van der Waals surface area (Å²) in [7, 11) is 3.07. The maximum Gasteiger partial charge on any atom is 0.318 e. The van der Waals surface area contributed by atoms with Crippen LogP contribution in [0, 0.1) is 0 Å². The molecule has 112 valence electrons. The van der Waals surface area contributed by atoms with E-state index >= 15 is 0 Å². The van der Waals surface area contributed by atoms with Gasteiger partial charge in [-0.3, -0.25) is 14.2 Å². The molecule has 1 atom stereocenters. The highest BCUT2D eigenvalue weighted by molar-refractivity contribution is 8.00. The van der Waals surface area contributed by atoms with Crippen molar-refractivity contribution in [2.24, 2.45) is 7.05 Å². The number of carbonyl (C=O) groups is 1. The Morgan fingerprint density at radius 3 is 2.95 bits per heavy atom. The number of aryl methyl sites for hydroxylation is 2. The zero-order valence-electron chi connectivity index (χ0n) is 12.1. The standard InChI is InChI=1S/C14H16N2O3S2/c1-7(13(18)19-3)20-14-15-11-10(12(17)16(14)2)8-5-4-6-9(8)21-11/h7H,4-6H2,1-3H3/t7-/m0/s1. The van der Waals surface area contributed by atoms with Gasteiger partial charge in [-0.05, 0) is 31.7 Å². The van der Waals surface area contributed by atoms with Gasteiger partial charge in [0.05, 0.1) is 12.5 Å². The zero-order valence-corrected chi connectivity index (χ0v) is 13.8. The summed E-state index contributed by atoms with van der Waals surface area (Å²) < 4.78 is 6.26. The first kappa shape index (κ1) is 14.6. The molecule has 3 rings (SSSR count). The summed E-state index contributed by atoms with van der Waals surface area (Å²) in [6.45, 7) is 1.75. The van der Waals surface area contributed by atoms with Crippen LogP contribution < -0.4 is 5.56 Å². The predicted octanol–water partition coefficient (Wildman–Crippen LogP) is 2.14. The van der Waals surface area contributed by atoms with Gasteiger partial charge < -0.3 is 4.74 Å². The molecule has 0 aromatic carbocycles. The highest BCUT2D eigenvalue weighted by Crippen LogP contribution is 2.35. The van der Waals surface area contributed by atoms with Gasteiger partial charge in [0.15, 0.2) is 5.16 Å². The minimum Gasteiger partial charge on any atom is -0.468 e. The lowest BCUT2D eigenvalue weighted by molar-refractivity contribution is -0.139. The van der Waals surface area contributed by atoms with Crippen LogP contribution in [0.4, 0.5) is 0 Å². The number of thiophene rings is 1. The molecule has 0 spiro atoms. The van der Waals surface area contributed by atoms with Gasteiger partial charge in [0.1, 0.15) is 10.1 Å². The van der Waals surface area contributed by atoms with Crippen molar-refractivity contribution >= 4 is 39.3 Å². The van der Waals surface area contributed by atoms with E-state index < -0.39 is 5.25 Å². The van der Waals surface area contributed by atoms with E-state index in [9.17, 15) is 9.59 Å². The van der Waals surface area contributed by atoms with E-state index in [2.05, 4.69) is 4.98 Å². The van der Waals surface area contributed by atoms with Crippen LogP contribution in [-0.2, 0) is 29.4 Å². The van der Waals surface area contributed by atoms with Crippen LogP contribution in [0.15, 0.2) is 9.95 Å². The third kappa shape index (κ3) is 2.38. The number of methoxy groups -OCH3 is 1. The lowest BCUT2D eigenvalue weighted by Crippen LogP contribution is -2.22. The predicted molar refractivity (Wildman–Crippen MR) is 84.2 cm³/mol. The van der Waals surface area contributed by atoms with Crippen molar-refractivity contribution in [2.45, 2.75) is 36.6 Å². The van der Waals surface area contributed by atoms with Crippen LogP contribution in [0.3, 0.4) is 0 Å². The Morgan fingerprint density at radius 1 is 1.48 bits per heavy atom. The van der Waals surface area contributed by atoms with Crippen molar-refractivity contribution in [3.05, 3.63) is 20.8 Å². The molecule has 7 heteroatoms. The highest BCUT2D eigenvalue weighted by Gasteiger charge is 2.24. The quantitative estimate of drug-likeness (QED) is 0.492. The monoisotopic (exact) mass is 324 g/mol. The molecule has 0 aliphatic heterocycles. The van der Waals surface area contributed by atoms with Crippen molar-refractivity contribution in [3.63, 3.8) is 0 Å². The first-order valence-corrected chi connectivity index (χ1v) is 8.48. The Kier molecular flexibility index (Phi) is 3.79. The number of rotatable bonds is 3. The Hall–Kier alpha value is -1.34. The molecular formula is C14H16N2O3S2. The number of hydrogen-bond donors (Lipinski definition) is 0. The van der Waals surface area contributed by atoms with Crippen molar-refractivity contribution < 1.29 is 9.53 Å². The average Bonchev–Trinajstić information content (AvgIpc) is 3.03. The molecule has 0 fully saturated rings. The molecule has 2 aromatic rings. The van der Waals surface area contributed by atoms with Gasteiger partial charge in [0.2, 0.25) is 0 Å². The van der Waals surface area contributed by atoms with Gasteiger partial charge in [-0.15, -0.1) is 11.3 Å². The lowest BCUT2D eigenvalue weighted by Gasteiger charge is -2.11. The second-order valence-corrected chi connectivity index (χ2v) is 7.47. The van der Waals surface area contributed by atoms with Crippen LogP contribution in [0.2, 0.25) is 0 Å². The van der Waals surface area contributed by atoms with Crippen molar-refractivity contribution in [1.82, 2.24) is 9.55 Å². The SMILES string of the molecule is COC(=O)[C@H](C)Sc1nc2sc3c(c2c(=O)n1C)CCC3. The Balaban J connectivity index is 2.07. The maximum absolute atomic E-state index is 12.6. The van der Waals surface area contributed by atoms with Crippen LogP contribution in [0.5, 0.6) is 0 Å². The second kappa shape index (κ2) is 5.46.